The highest BCUT2D eigenvalue weighted by atomic mass is 16.5. The Bertz CT molecular complexity index is 441. The average molecular weight is 296 g/mol. The SMILES string of the molecule is CCCNC(=O)CNc1nc(NCC)nc(OCCC)n1. The van der Waals surface area contributed by atoms with Crippen LogP contribution in [0.3, 0.4) is 0 Å². The zero-order valence-corrected chi connectivity index (χ0v) is 12.9. The molecule has 0 aliphatic rings. The minimum Gasteiger partial charge on any atom is -0.463 e. The molecule has 1 aromatic heterocycles. The van der Waals surface area contributed by atoms with Crippen molar-refractivity contribution in [2.24, 2.45) is 0 Å². The molecule has 8 heteroatoms. The Balaban J connectivity index is 2.65. The number of nitrogens with one attached hydrogen (secondary N) is 3. The van der Waals surface area contributed by atoms with Crippen LogP contribution < -0.4 is 20.7 Å². The van der Waals surface area contributed by atoms with Crippen LogP contribution in [0.25, 0.3) is 0 Å². The van der Waals surface area contributed by atoms with Crippen LogP contribution in [0.4, 0.5) is 11.9 Å². The van der Waals surface area contributed by atoms with E-state index in [0.29, 0.717) is 31.6 Å². The molecule has 0 saturated carbocycles. The third kappa shape index (κ3) is 6.73. The molecular formula is C13H24N6O2. The fraction of sp³-hybridized carbons (Fsp3) is 0.692. The van der Waals surface area contributed by atoms with E-state index in [1.165, 1.54) is 0 Å². The predicted octanol–water partition coefficient (Wildman–Crippen LogP) is 1.03. The number of rotatable bonds is 10. The molecule has 0 fully saturated rings. The van der Waals surface area contributed by atoms with Gasteiger partial charge in [-0.15, -0.1) is 0 Å². The number of carbonyl (C=O) groups excluding carboxylic acids is 1. The van der Waals surface area contributed by atoms with Crippen LogP contribution >= 0.6 is 0 Å². The van der Waals surface area contributed by atoms with E-state index >= 15 is 0 Å². The summed E-state index contributed by atoms with van der Waals surface area (Å²) < 4.78 is 5.41. The summed E-state index contributed by atoms with van der Waals surface area (Å²) in [5, 5.41) is 8.65. The molecule has 0 saturated heterocycles. The van der Waals surface area contributed by atoms with Gasteiger partial charge in [-0.25, -0.2) is 0 Å². The van der Waals surface area contributed by atoms with Crippen LogP contribution in [0.5, 0.6) is 6.01 Å². The molecule has 0 radical (unpaired) electrons. The van der Waals surface area contributed by atoms with Gasteiger partial charge in [0.25, 0.3) is 0 Å². The van der Waals surface area contributed by atoms with Gasteiger partial charge in [0.1, 0.15) is 0 Å². The third-order valence-electron chi connectivity index (χ3n) is 2.36. The lowest BCUT2D eigenvalue weighted by Gasteiger charge is -2.09. The first-order valence-electron chi connectivity index (χ1n) is 7.32. The van der Waals surface area contributed by atoms with Crippen molar-refractivity contribution < 1.29 is 9.53 Å². The summed E-state index contributed by atoms with van der Waals surface area (Å²) >= 11 is 0. The molecule has 0 unspecified atom stereocenters. The Morgan fingerprint density at radius 1 is 1.05 bits per heavy atom. The van der Waals surface area contributed by atoms with Crippen LogP contribution in [0.2, 0.25) is 0 Å². The number of carbonyl (C=O) groups is 1. The summed E-state index contributed by atoms with van der Waals surface area (Å²) in [6, 6.07) is 0.249. The van der Waals surface area contributed by atoms with Crippen LogP contribution in [0, 0.1) is 0 Å². The lowest BCUT2D eigenvalue weighted by molar-refractivity contribution is -0.119. The minimum atomic E-state index is -0.0988. The maximum Gasteiger partial charge on any atom is 0.323 e. The Hall–Kier alpha value is -2.12. The standard InChI is InChI=1S/C13H24N6O2/c1-4-7-15-10(20)9-16-12-17-11(14-6-3)18-13(19-12)21-8-5-2/h4-9H2,1-3H3,(H,15,20)(H2,14,16,17,18,19). The first kappa shape index (κ1) is 16.9. The monoisotopic (exact) mass is 296 g/mol. The molecule has 0 aliphatic carbocycles. The molecular weight excluding hydrogens is 272 g/mol. The van der Waals surface area contributed by atoms with Gasteiger partial charge in [0.05, 0.1) is 13.2 Å². The Kier molecular flexibility index (Phi) is 7.85. The van der Waals surface area contributed by atoms with Gasteiger partial charge < -0.3 is 20.7 Å². The predicted molar refractivity (Wildman–Crippen MR) is 81.6 cm³/mol. The van der Waals surface area contributed by atoms with Crippen molar-refractivity contribution in [3.63, 3.8) is 0 Å². The maximum absolute atomic E-state index is 11.6. The van der Waals surface area contributed by atoms with Crippen LogP contribution in [-0.4, -0.2) is 47.1 Å². The van der Waals surface area contributed by atoms with Gasteiger partial charge in [0, 0.05) is 13.1 Å². The second-order valence-corrected chi connectivity index (χ2v) is 4.35. The van der Waals surface area contributed by atoms with Gasteiger partial charge in [0.2, 0.25) is 17.8 Å². The highest BCUT2D eigenvalue weighted by Crippen LogP contribution is 2.11. The van der Waals surface area contributed by atoms with Crippen molar-refractivity contribution in [2.45, 2.75) is 33.6 Å². The average Bonchev–Trinajstić information content (AvgIpc) is 2.49. The van der Waals surface area contributed by atoms with Crippen molar-refractivity contribution in [3.8, 4) is 6.01 Å². The van der Waals surface area contributed by atoms with Crippen molar-refractivity contribution in [1.29, 1.82) is 0 Å². The molecule has 8 nitrogen and oxygen atoms in total. The number of hydrogen-bond donors (Lipinski definition) is 3. The number of hydrogen-bond acceptors (Lipinski definition) is 7. The third-order valence-corrected chi connectivity index (χ3v) is 2.36. The second-order valence-electron chi connectivity index (χ2n) is 4.35. The summed E-state index contributed by atoms with van der Waals surface area (Å²) in [4.78, 5) is 24.0. The van der Waals surface area contributed by atoms with Crippen molar-refractivity contribution in [2.75, 3.05) is 36.9 Å². The highest BCUT2D eigenvalue weighted by Gasteiger charge is 2.08. The summed E-state index contributed by atoms with van der Waals surface area (Å²) in [7, 11) is 0. The number of ether oxygens (including phenoxy) is 1. The van der Waals surface area contributed by atoms with Gasteiger partial charge in [-0.2, -0.15) is 15.0 Å². The quantitative estimate of drug-likeness (QED) is 0.592. The van der Waals surface area contributed by atoms with Crippen LogP contribution in [-0.2, 0) is 4.79 Å². The van der Waals surface area contributed by atoms with Crippen molar-refractivity contribution in [3.05, 3.63) is 0 Å². The normalized spacial score (nSPS) is 10.0. The fourth-order valence-corrected chi connectivity index (χ4v) is 1.42. The van der Waals surface area contributed by atoms with Gasteiger partial charge in [0.15, 0.2) is 0 Å². The molecule has 0 spiro atoms. The maximum atomic E-state index is 11.6. The van der Waals surface area contributed by atoms with E-state index in [2.05, 4.69) is 30.9 Å². The van der Waals surface area contributed by atoms with E-state index in [1.54, 1.807) is 0 Å². The molecule has 1 heterocycles. The lowest BCUT2D eigenvalue weighted by atomic mass is 10.4. The second kappa shape index (κ2) is 9.73. The largest absolute Gasteiger partial charge is 0.463 e. The summed E-state index contributed by atoms with van der Waals surface area (Å²) in [5.41, 5.74) is 0. The van der Waals surface area contributed by atoms with Gasteiger partial charge in [-0.05, 0) is 19.8 Å². The Labute approximate surface area is 125 Å². The number of anilines is 2. The van der Waals surface area contributed by atoms with E-state index in [9.17, 15) is 4.79 Å². The number of aromatic nitrogens is 3. The molecule has 1 amide bonds. The highest BCUT2D eigenvalue weighted by molar-refractivity contribution is 5.80. The van der Waals surface area contributed by atoms with Gasteiger partial charge >= 0.3 is 6.01 Å². The zero-order valence-electron chi connectivity index (χ0n) is 12.9. The first-order valence-corrected chi connectivity index (χ1v) is 7.32. The van der Waals surface area contributed by atoms with E-state index in [0.717, 1.165) is 12.8 Å². The number of amides is 1. The van der Waals surface area contributed by atoms with Crippen LogP contribution in [0.1, 0.15) is 33.6 Å². The summed E-state index contributed by atoms with van der Waals surface area (Å²) in [6.07, 6.45) is 1.77. The molecule has 1 rings (SSSR count). The molecule has 118 valence electrons. The molecule has 0 aliphatic heterocycles. The van der Waals surface area contributed by atoms with E-state index in [4.69, 9.17) is 4.74 Å². The lowest BCUT2D eigenvalue weighted by Crippen LogP contribution is -2.30. The first-order chi connectivity index (χ1) is 10.2. The topological polar surface area (TPSA) is 101 Å². The van der Waals surface area contributed by atoms with Gasteiger partial charge in [-0.3, -0.25) is 4.79 Å². The molecule has 0 bridgehead atoms. The van der Waals surface area contributed by atoms with Crippen molar-refractivity contribution in [1.82, 2.24) is 20.3 Å². The number of nitrogens with zero attached hydrogens (tertiary/aromatic N) is 3. The minimum absolute atomic E-state index is 0.0988. The zero-order chi connectivity index (χ0) is 15.5. The summed E-state index contributed by atoms with van der Waals surface area (Å²) in [6.45, 7) is 7.94. The van der Waals surface area contributed by atoms with Crippen LogP contribution in [0.15, 0.2) is 0 Å². The fourth-order valence-electron chi connectivity index (χ4n) is 1.42. The van der Waals surface area contributed by atoms with E-state index in [-0.39, 0.29) is 18.5 Å². The van der Waals surface area contributed by atoms with E-state index < -0.39 is 0 Å². The summed E-state index contributed by atoms with van der Waals surface area (Å²) in [5.74, 6) is 0.645. The van der Waals surface area contributed by atoms with E-state index in [1.807, 2.05) is 20.8 Å². The Morgan fingerprint density at radius 2 is 1.76 bits per heavy atom. The molecule has 1 aromatic rings. The Morgan fingerprint density at radius 3 is 2.38 bits per heavy atom. The molecule has 0 aromatic carbocycles. The molecule has 3 N–H and O–H groups in total. The van der Waals surface area contributed by atoms with Crippen molar-refractivity contribution >= 4 is 17.8 Å². The molecule has 21 heavy (non-hydrogen) atoms. The molecule has 0 atom stereocenters. The smallest absolute Gasteiger partial charge is 0.323 e. The van der Waals surface area contributed by atoms with Gasteiger partial charge in [-0.1, -0.05) is 13.8 Å².